The first-order chi connectivity index (χ1) is 14.5. The zero-order valence-electron chi connectivity index (χ0n) is 18.7. The summed E-state index contributed by atoms with van der Waals surface area (Å²) in [5, 5.41) is 1.63. The Labute approximate surface area is 182 Å². The van der Waals surface area contributed by atoms with Gasteiger partial charge in [0.25, 0.3) is 10.1 Å². The maximum Gasteiger partial charge on any atom is 0.298 e. The van der Waals surface area contributed by atoms with Crippen LogP contribution in [0, 0.1) is 0 Å². The van der Waals surface area contributed by atoms with E-state index in [1.807, 2.05) is 30.3 Å². The van der Waals surface area contributed by atoms with Gasteiger partial charge in [-0.05, 0) is 29.9 Å². The van der Waals surface area contributed by atoms with Crippen LogP contribution in [0.4, 0.5) is 0 Å². The maximum absolute atomic E-state index is 12.1. The van der Waals surface area contributed by atoms with E-state index in [1.54, 1.807) is 0 Å². The van der Waals surface area contributed by atoms with E-state index in [-0.39, 0.29) is 10.6 Å². The number of rotatable bonds is 15. The molecule has 0 saturated carbocycles. The fourth-order valence-corrected chi connectivity index (χ4v) is 5.10. The third-order valence-electron chi connectivity index (χ3n) is 5.79. The summed E-state index contributed by atoms with van der Waals surface area (Å²) in [5.41, 5.74) is 0.639. The van der Waals surface area contributed by atoms with E-state index in [9.17, 15) is 13.0 Å². The van der Waals surface area contributed by atoms with Crippen molar-refractivity contribution in [1.29, 1.82) is 0 Å². The summed E-state index contributed by atoms with van der Waals surface area (Å²) in [6.45, 7) is 2.25. The molecule has 0 radical (unpaired) electrons. The number of ether oxygens (including phenoxy) is 1. The van der Waals surface area contributed by atoms with Crippen LogP contribution in [-0.4, -0.2) is 20.1 Å². The van der Waals surface area contributed by atoms with Crippen LogP contribution in [0.3, 0.4) is 0 Å². The Hall–Kier alpha value is -1.59. The van der Waals surface area contributed by atoms with Crippen LogP contribution in [0.1, 0.15) is 89.5 Å². The standard InChI is InChI=1S/C25H38O4S/c1-3-4-5-6-7-8-9-10-11-12-13-14-18-22-20-21-17-15-16-19-23(21)24(29-2)25(22)30(26,27)28/h15-17,19-20H,3-14,18H2,1-2H3,(H,26,27,28). The van der Waals surface area contributed by atoms with Crippen molar-refractivity contribution in [3.05, 3.63) is 35.9 Å². The molecular formula is C25H38O4S. The molecule has 2 aromatic carbocycles. The average molecular weight is 435 g/mol. The molecule has 2 aromatic rings. The van der Waals surface area contributed by atoms with Gasteiger partial charge in [0.15, 0.2) is 0 Å². The van der Waals surface area contributed by atoms with E-state index in [1.165, 1.54) is 71.3 Å². The average Bonchev–Trinajstić information content (AvgIpc) is 2.72. The number of aryl methyl sites for hydroxylation is 1. The van der Waals surface area contributed by atoms with Crippen LogP contribution in [0.25, 0.3) is 10.8 Å². The molecule has 0 heterocycles. The quantitative estimate of drug-likeness (QED) is 0.235. The lowest BCUT2D eigenvalue weighted by atomic mass is 10.00. The lowest BCUT2D eigenvalue weighted by Gasteiger charge is -2.15. The zero-order chi connectivity index (χ0) is 21.8. The van der Waals surface area contributed by atoms with E-state index in [4.69, 9.17) is 4.74 Å². The Morgan fingerprint density at radius 2 is 1.37 bits per heavy atom. The summed E-state index contributed by atoms with van der Waals surface area (Å²) >= 11 is 0. The van der Waals surface area contributed by atoms with Crippen molar-refractivity contribution in [3.63, 3.8) is 0 Å². The van der Waals surface area contributed by atoms with E-state index < -0.39 is 10.1 Å². The normalized spacial score (nSPS) is 11.8. The van der Waals surface area contributed by atoms with E-state index in [0.29, 0.717) is 17.4 Å². The second-order valence-electron chi connectivity index (χ2n) is 8.23. The van der Waals surface area contributed by atoms with Gasteiger partial charge in [-0.3, -0.25) is 4.55 Å². The summed E-state index contributed by atoms with van der Waals surface area (Å²) in [4.78, 5) is -0.0771. The van der Waals surface area contributed by atoms with Crippen LogP contribution < -0.4 is 4.74 Å². The highest BCUT2D eigenvalue weighted by molar-refractivity contribution is 7.86. The predicted molar refractivity (Wildman–Crippen MR) is 125 cm³/mol. The van der Waals surface area contributed by atoms with Crippen molar-refractivity contribution in [3.8, 4) is 5.75 Å². The van der Waals surface area contributed by atoms with Gasteiger partial charge < -0.3 is 4.74 Å². The van der Waals surface area contributed by atoms with Gasteiger partial charge in [0.05, 0.1) is 7.11 Å². The summed E-state index contributed by atoms with van der Waals surface area (Å²) in [6, 6.07) is 9.39. The molecule has 0 amide bonds. The molecule has 0 aliphatic heterocycles. The number of methoxy groups -OCH3 is 1. The number of fused-ring (bicyclic) bond motifs is 1. The van der Waals surface area contributed by atoms with Gasteiger partial charge >= 0.3 is 0 Å². The molecule has 0 atom stereocenters. The molecule has 0 bridgehead atoms. The molecule has 0 fully saturated rings. The van der Waals surface area contributed by atoms with Gasteiger partial charge in [-0.15, -0.1) is 0 Å². The van der Waals surface area contributed by atoms with E-state index in [2.05, 4.69) is 6.92 Å². The fraction of sp³-hybridized carbons (Fsp3) is 0.600. The first-order valence-electron chi connectivity index (χ1n) is 11.5. The van der Waals surface area contributed by atoms with Crippen molar-refractivity contribution in [2.75, 3.05) is 7.11 Å². The van der Waals surface area contributed by atoms with Gasteiger partial charge in [-0.2, -0.15) is 8.42 Å². The molecule has 30 heavy (non-hydrogen) atoms. The highest BCUT2D eigenvalue weighted by Gasteiger charge is 2.23. The second kappa shape index (κ2) is 13.0. The number of hydrogen-bond donors (Lipinski definition) is 1. The lowest BCUT2D eigenvalue weighted by Crippen LogP contribution is -2.07. The molecule has 0 spiro atoms. The number of hydrogen-bond acceptors (Lipinski definition) is 3. The Kier molecular flexibility index (Phi) is 10.7. The van der Waals surface area contributed by atoms with E-state index in [0.717, 1.165) is 18.2 Å². The Morgan fingerprint density at radius 1 is 0.833 bits per heavy atom. The van der Waals surface area contributed by atoms with Gasteiger partial charge in [0.1, 0.15) is 10.6 Å². The third kappa shape index (κ3) is 7.59. The minimum Gasteiger partial charge on any atom is -0.495 e. The van der Waals surface area contributed by atoms with Gasteiger partial charge in [-0.25, -0.2) is 0 Å². The number of unbranched alkanes of at least 4 members (excludes halogenated alkanes) is 11. The van der Waals surface area contributed by atoms with Crippen LogP contribution in [0.15, 0.2) is 35.2 Å². The first-order valence-corrected chi connectivity index (χ1v) is 13.0. The molecule has 0 aliphatic carbocycles. The topological polar surface area (TPSA) is 63.6 Å². The minimum absolute atomic E-state index is 0.0771. The fourth-order valence-electron chi connectivity index (χ4n) is 4.18. The van der Waals surface area contributed by atoms with Crippen molar-refractivity contribution < 1.29 is 17.7 Å². The maximum atomic E-state index is 12.1. The van der Waals surface area contributed by atoms with Crippen LogP contribution in [-0.2, 0) is 16.5 Å². The van der Waals surface area contributed by atoms with Crippen molar-refractivity contribution in [2.24, 2.45) is 0 Å². The molecule has 5 heteroatoms. The molecule has 168 valence electrons. The van der Waals surface area contributed by atoms with Gasteiger partial charge in [0, 0.05) is 5.39 Å². The van der Waals surface area contributed by atoms with Crippen molar-refractivity contribution >= 4 is 20.9 Å². The van der Waals surface area contributed by atoms with E-state index >= 15 is 0 Å². The molecule has 0 aliphatic rings. The summed E-state index contributed by atoms with van der Waals surface area (Å²) < 4.78 is 39.4. The molecule has 0 saturated heterocycles. The molecule has 1 N–H and O–H groups in total. The largest absolute Gasteiger partial charge is 0.495 e. The minimum atomic E-state index is -4.36. The predicted octanol–water partition coefficient (Wildman–Crippen LogP) is 7.34. The smallest absolute Gasteiger partial charge is 0.298 e. The Bertz CT molecular complexity index is 874. The first kappa shape index (κ1) is 24.7. The van der Waals surface area contributed by atoms with Gasteiger partial charge in [0.2, 0.25) is 0 Å². The molecule has 2 rings (SSSR count). The molecule has 0 aromatic heterocycles. The monoisotopic (exact) mass is 434 g/mol. The van der Waals surface area contributed by atoms with Gasteiger partial charge in [-0.1, -0.05) is 102 Å². The van der Waals surface area contributed by atoms with Crippen LogP contribution in [0.2, 0.25) is 0 Å². The number of benzene rings is 2. The molecule has 0 unspecified atom stereocenters. The third-order valence-corrected chi connectivity index (χ3v) is 6.76. The Morgan fingerprint density at radius 3 is 1.90 bits per heavy atom. The van der Waals surface area contributed by atoms with Crippen molar-refractivity contribution in [2.45, 2.75) is 95.3 Å². The highest BCUT2D eigenvalue weighted by atomic mass is 32.2. The Balaban J connectivity index is 1.83. The van der Waals surface area contributed by atoms with Crippen LogP contribution in [0.5, 0.6) is 5.75 Å². The lowest BCUT2D eigenvalue weighted by molar-refractivity contribution is 0.401. The molecule has 4 nitrogen and oxygen atoms in total. The summed E-state index contributed by atoms with van der Waals surface area (Å²) in [5.74, 6) is 0.240. The molecular weight excluding hydrogens is 396 g/mol. The van der Waals surface area contributed by atoms with Crippen LogP contribution >= 0.6 is 0 Å². The van der Waals surface area contributed by atoms with Crippen molar-refractivity contribution in [1.82, 2.24) is 0 Å². The zero-order valence-corrected chi connectivity index (χ0v) is 19.5. The SMILES string of the molecule is CCCCCCCCCCCCCCc1cc2ccccc2c(OC)c1S(=O)(=O)O. The summed E-state index contributed by atoms with van der Waals surface area (Å²) in [6.07, 6.45) is 15.7. The highest BCUT2D eigenvalue weighted by Crippen LogP contribution is 2.36. The summed E-state index contributed by atoms with van der Waals surface area (Å²) in [7, 11) is -2.91. The second-order valence-corrected chi connectivity index (χ2v) is 9.59.